The van der Waals surface area contributed by atoms with Crippen LogP contribution < -0.4 is 10.1 Å². The largest absolute Gasteiger partial charge is 0.493 e. The first kappa shape index (κ1) is 17.6. The number of hydrogen-bond donors (Lipinski definition) is 1. The number of halogens is 2. The van der Waals surface area contributed by atoms with Gasteiger partial charge in [0.25, 0.3) is 0 Å². The summed E-state index contributed by atoms with van der Waals surface area (Å²) in [5, 5.41) is 3.60. The minimum atomic E-state index is 0. The van der Waals surface area contributed by atoms with Crippen molar-refractivity contribution in [1.82, 2.24) is 10.2 Å². The van der Waals surface area contributed by atoms with Crippen molar-refractivity contribution in [2.45, 2.75) is 37.8 Å². The van der Waals surface area contributed by atoms with Crippen LogP contribution in [0.3, 0.4) is 0 Å². The molecule has 122 valence electrons. The standard InChI is InChI=1S/C16H21BrN2O2.ClH/c17-12-2-1-3-15(10-12)21-9-7-16(20)19-8-6-13-4-5-14(11-19)18-13;/h1-3,10,13-14,18H,4-9,11H2;1H. The number of carbonyl (C=O) groups excluding carboxylic acids is 1. The Balaban J connectivity index is 0.00000176. The second-order valence-electron chi connectivity index (χ2n) is 5.82. The van der Waals surface area contributed by atoms with Crippen molar-refractivity contribution >= 4 is 34.2 Å². The van der Waals surface area contributed by atoms with Gasteiger partial charge >= 0.3 is 0 Å². The van der Waals surface area contributed by atoms with Crippen LogP contribution in [0, 0.1) is 0 Å². The number of ether oxygens (including phenoxy) is 1. The lowest BCUT2D eigenvalue weighted by molar-refractivity contribution is -0.131. The number of nitrogens with zero attached hydrogens (tertiary/aromatic N) is 1. The summed E-state index contributed by atoms with van der Waals surface area (Å²) in [5.74, 6) is 1.01. The topological polar surface area (TPSA) is 41.6 Å². The van der Waals surface area contributed by atoms with Crippen molar-refractivity contribution in [2.75, 3.05) is 19.7 Å². The third kappa shape index (κ3) is 4.61. The van der Waals surface area contributed by atoms with Crippen LogP contribution in [0.15, 0.2) is 28.7 Å². The lowest BCUT2D eigenvalue weighted by atomic mass is 10.1. The molecule has 1 aromatic carbocycles. The van der Waals surface area contributed by atoms with Gasteiger partial charge in [-0.15, -0.1) is 12.4 Å². The highest BCUT2D eigenvalue weighted by atomic mass is 79.9. The van der Waals surface area contributed by atoms with Gasteiger partial charge in [0, 0.05) is 29.6 Å². The quantitative estimate of drug-likeness (QED) is 0.861. The molecule has 2 fully saturated rings. The fourth-order valence-electron chi connectivity index (χ4n) is 3.14. The Morgan fingerprint density at radius 3 is 2.95 bits per heavy atom. The number of likely N-dealkylation sites (tertiary alicyclic amines) is 1. The van der Waals surface area contributed by atoms with E-state index >= 15 is 0 Å². The summed E-state index contributed by atoms with van der Waals surface area (Å²) >= 11 is 3.41. The number of amides is 1. The molecule has 0 saturated carbocycles. The summed E-state index contributed by atoms with van der Waals surface area (Å²) in [6.45, 7) is 2.17. The molecular formula is C16H22BrClN2O2. The van der Waals surface area contributed by atoms with Crippen molar-refractivity contribution in [3.05, 3.63) is 28.7 Å². The smallest absolute Gasteiger partial charge is 0.226 e. The highest BCUT2D eigenvalue weighted by Gasteiger charge is 2.30. The van der Waals surface area contributed by atoms with E-state index in [0.717, 1.165) is 29.7 Å². The van der Waals surface area contributed by atoms with Crippen molar-refractivity contribution in [1.29, 1.82) is 0 Å². The molecule has 2 heterocycles. The molecule has 4 nitrogen and oxygen atoms in total. The number of carbonyl (C=O) groups is 1. The monoisotopic (exact) mass is 388 g/mol. The van der Waals surface area contributed by atoms with E-state index in [4.69, 9.17) is 4.74 Å². The first-order valence-electron chi connectivity index (χ1n) is 7.63. The van der Waals surface area contributed by atoms with Gasteiger partial charge in [-0.05, 0) is 37.5 Å². The highest BCUT2D eigenvalue weighted by Crippen LogP contribution is 2.21. The minimum absolute atomic E-state index is 0. The van der Waals surface area contributed by atoms with Crippen LogP contribution in [-0.2, 0) is 4.79 Å². The fraction of sp³-hybridized carbons (Fsp3) is 0.562. The average Bonchev–Trinajstić information content (AvgIpc) is 2.78. The molecule has 3 rings (SSSR count). The lowest BCUT2D eigenvalue weighted by Gasteiger charge is -2.24. The third-order valence-corrected chi connectivity index (χ3v) is 4.75. The van der Waals surface area contributed by atoms with Crippen molar-refractivity contribution in [3.63, 3.8) is 0 Å². The summed E-state index contributed by atoms with van der Waals surface area (Å²) in [4.78, 5) is 14.3. The molecule has 1 N–H and O–H groups in total. The van der Waals surface area contributed by atoms with E-state index < -0.39 is 0 Å². The third-order valence-electron chi connectivity index (χ3n) is 4.26. The maximum absolute atomic E-state index is 12.3. The molecule has 0 spiro atoms. The summed E-state index contributed by atoms with van der Waals surface area (Å²) in [6, 6.07) is 8.82. The molecule has 2 bridgehead atoms. The van der Waals surface area contributed by atoms with E-state index in [1.54, 1.807) is 0 Å². The Morgan fingerprint density at radius 2 is 2.14 bits per heavy atom. The molecule has 22 heavy (non-hydrogen) atoms. The van der Waals surface area contributed by atoms with Gasteiger partial charge in [0.05, 0.1) is 13.0 Å². The number of nitrogens with one attached hydrogen (secondary N) is 1. The number of hydrogen-bond acceptors (Lipinski definition) is 3. The van der Waals surface area contributed by atoms with Crippen molar-refractivity contribution in [2.24, 2.45) is 0 Å². The van der Waals surface area contributed by atoms with Gasteiger partial charge < -0.3 is 15.0 Å². The Kier molecular flexibility index (Phi) is 6.53. The van der Waals surface area contributed by atoms with E-state index in [-0.39, 0.29) is 18.3 Å². The molecule has 0 radical (unpaired) electrons. The molecule has 2 saturated heterocycles. The van der Waals surface area contributed by atoms with Crippen molar-refractivity contribution < 1.29 is 9.53 Å². The van der Waals surface area contributed by atoms with Gasteiger partial charge in [-0.1, -0.05) is 22.0 Å². The first-order chi connectivity index (χ1) is 10.2. The molecule has 6 heteroatoms. The average molecular weight is 390 g/mol. The predicted molar refractivity (Wildman–Crippen MR) is 92.6 cm³/mol. The van der Waals surface area contributed by atoms with E-state index in [1.165, 1.54) is 12.8 Å². The van der Waals surface area contributed by atoms with E-state index in [2.05, 4.69) is 21.2 Å². The van der Waals surface area contributed by atoms with Crippen LogP contribution in [0.4, 0.5) is 0 Å². The van der Waals surface area contributed by atoms with Crippen LogP contribution in [0.25, 0.3) is 0 Å². The Morgan fingerprint density at radius 1 is 1.32 bits per heavy atom. The molecular weight excluding hydrogens is 368 g/mol. The van der Waals surface area contributed by atoms with Crippen LogP contribution >= 0.6 is 28.3 Å². The Bertz CT molecular complexity index is 515. The molecule has 1 amide bonds. The van der Waals surface area contributed by atoms with Crippen LogP contribution in [-0.4, -0.2) is 42.6 Å². The van der Waals surface area contributed by atoms with Gasteiger partial charge in [0.2, 0.25) is 5.91 Å². The zero-order valence-electron chi connectivity index (χ0n) is 12.5. The second-order valence-corrected chi connectivity index (χ2v) is 6.74. The fourth-order valence-corrected chi connectivity index (χ4v) is 3.52. The van der Waals surface area contributed by atoms with E-state index in [1.807, 2.05) is 29.2 Å². The molecule has 0 aliphatic carbocycles. The summed E-state index contributed by atoms with van der Waals surface area (Å²) in [6.07, 6.45) is 3.99. The van der Waals surface area contributed by atoms with E-state index in [0.29, 0.717) is 25.1 Å². The van der Waals surface area contributed by atoms with Crippen LogP contribution in [0.5, 0.6) is 5.75 Å². The minimum Gasteiger partial charge on any atom is -0.493 e. The van der Waals surface area contributed by atoms with Gasteiger partial charge in [0.15, 0.2) is 0 Å². The molecule has 2 aliphatic heterocycles. The number of fused-ring (bicyclic) bond motifs is 2. The maximum atomic E-state index is 12.3. The maximum Gasteiger partial charge on any atom is 0.226 e. The summed E-state index contributed by atoms with van der Waals surface area (Å²) in [5.41, 5.74) is 0. The summed E-state index contributed by atoms with van der Waals surface area (Å²) in [7, 11) is 0. The molecule has 1 aromatic rings. The second kappa shape index (κ2) is 8.18. The molecule has 2 unspecified atom stereocenters. The number of benzene rings is 1. The normalized spacial score (nSPS) is 23.6. The SMILES string of the molecule is Cl.O=C(CCOc1cccc(Br)c1)N1CCC2CCC(C1)N2. The molecule has 2 atom stereocenters. The first-order valence-corrected chi connectivity index (χ1v) is 8.42. The molecule has 2 aliphatic rings. The lowest BCUT2D eigenvalue weighted by Crippen LogP contribution is -2.39. The zero-order valence-corrected chi connectivity index (χ0v) is 14.9. The van der Waals surface area contributed by atoms with Crippen molar-refractivity contribution in [3.8, 4) is 5.75 Å². The summed E-state index contributed by atoms with van der Waals surface area (Å²) < 4.78 is 6.64. The van der Waals surface area contributed by atoms with Crippen LogP contribution in [0.1, 0.15) is 25.7 Å². The number of rotatable bonds is 4. The highest BCUT2D eigenvalue weighted by molar-refractivity contribution is 9.10. The predicted octanol–water partition coefficient (Wildman–Crippen LogP) is 2.99. The van der Waals surface area contributed by atoms with Gasteiger partial charge in [0.1, 0.15) is 5.75 Å². The van der Waals surface area contributed by atoms with Gasteiger partial charge in [-0.2, -0.15) is 0 Å². The zero-order chi connectivity index (χ0) is 14.7. The van der Waals surface area contributed by atoms with Gasteiger partial charge in [-0.3, -0.25) is 4.79 Å². The van der Waals surface area contributed by atoms with E-state index in [9.17, 15) is 4.79 Å². The van der Waals surface area contributed by atoms with Gasteiger partial charge in [-0.25, -0.2) is 0 Å². The van der Waals surface area contributed by atoms with Crippen LogP contribution in [0.2, 0.25) is 0 Å². The Labute approximate surface area is 146 Å². The molecule has 0 aromatic heterocycles. The Hall–Kier alpha value is -0.780.